The van der Waals surface area contributed by atoms with Gasteiger partial charge in [-0.1, -0.05) is 12.1 Å². The lowest BCUT2D eigenvalue weighted by Gasteiger charge is -2.09. The van der Waals surface area contributed by atoms with Crippen molar-refractivity contribution in [2.24, 2.45) is 0 Å². The maximum absolute atomic E-state index is 13.6. The van der Waals surface area contributed by atoms with Crippen LogP contribution in [-0.4, -0.2) is 23.8 Å². The van der Waals surface area contributed by atoms with E-state index in [1.807, 2.05) is 0 Å². The van der Waals surface area contributed by atoms with Crippen LogP contribution in [0.2, 0.25) is 0 Å². The van der Waals surface area contributed by atoms with Crippen molar-refractivity contribution in [2.75, 3.05) is 6.54 Å². The lowest BCUT2D eigenvalue weighted by atomic mass is 10.1. The van der Waals surface area contributed by atoms with Crippen LogP contribution >= 0.6 is 0 Å². The van der Waals surface area contributed by atoms with Gasteiger partial charge in [0, 0.05) is 23.1 Å². The van der Waals surface area contributed by atoms with E-state index >= 15 is 0 Å². The number of amides is 1. The van der Waals surface area contributed by atoms with Crippen LogP contribution in [0.1, 0.15) is 21.6 Å². The smallest absolute Gasteiger partial charge is 0.406 e. The second-order valence-electron chi connectivity index (χ2n) is 5.97. The molecule has 0 fully saturated rings. The predicted molar refractivity (Wildman–Crippen MR) is 92.2 cm³/mol. The standard InChI is InChI=1S/C19H16F4N2O2/c1-11-13(8-9-24-18(26)14-4-2-3-5-16(14)20)15-10-12(27-19(21,22)23)6-7-17(15)25-11/h2-7,10,25H,8-9H2,1H3,(H,24,26). The van der Waals surface area contributed by atoms with Crippen molar-refractivity contribution in [1.82, 2.24) is 10.3 Å². The molecule has 0 spiro atoms. The average molecular weight is 380 g/mol. The van der Waals surface area contributed by atoms with Crippen molar-refractivity contribution in [3.05, 3.63) is 65.1 Å². The number of carbonyl (C=O) groups is 1. The number of aromatic nitrogens is 1. The van der Waals surface area contributed by atoms with Crippen LogP contribution < -0.4 is 10.1 Å². The molecule has 0 aliphatic rings. The van der Waals surface area contributed by atoms with E-state index in [1.165, 1.54) is 36.4 Å². The van der Waals surface area contributed by atoms with Crippen molar-refractivity contribution in [3.63, 3.8) is 0 Å². The van der Waals surface area contributed by atoms with E-state index in [2.05, 4.69) is 15.0 Å². The Morgan fingerprint density at radius 3 is 2.63 bits per heavy atom. The zero-order chi connectivity index (χ0) is 19.6. The third-order valence-electron chi connectivity index (χ3n) is 4.10. The largest absolute Gasteiger partial charge is 0.573 e. The fraction of sp³-hybridized carbons (Fsp3) is 0.211. The fourth-order valence-electron chi connectivity index (χ4n) is 2.92. The maximum Gasteiger partial charge on any atom is 0.573 e. The molecule has 142 valence electrons. The number of hydrogen-bond donors (Lipinski definition) is 2. The second kappa shape index (κ2) is 7.30. The maximum atomic E-state index is 13.6. The molecule has 0 atom stereocenters. The van der Waals surface area contributed by atoms with Gasteiger partial charge < -0.3 is 15.0 Å². The summed E-state index contributed by atoms with van der Waals surface area (Å²) in [5.41, 5.74) is 2.13. The lowest BCUT2D eigenvalue weighted by Crippen LogP contribution is -2.26. The second-order valence-corrected chi connectivity index (χ2v) is 5.97. The van der Waals surface area contributed by atoms with Crippen LogP contribution in [0.15, 0.2) is 42.5 Å². The Balaban J connectivity index is 1.74. The summed E-state index contributed by atoms with van der Waals surface area (Å²) in [6, 6.07) is 9.66. The van der Waals surface area contributed by atoms with Crippen LogP contribution in [0, 0.1) is 12.7 Å². The number of halogens is 4. The van der Waals surface area contributed by atoms with Gasteiger partial charge in [0.15, 0.2) is 0 Å². The van der Waals surface area contributed by atoms with Crippen molar-refractivity contribution in [2.45, 2.75) is 19.7 Å². The molecule has 1 heterocycles. The number of ether oxygens (including phenoxy) is 1. The van der Waals surface area contributed by atoms with Crippen LogP contribution in [-0.2, 0) is 6.42 Å². The molecule has 27 heavy (non-hydrogen) atoms. The van der Waals surface area contributed by atoms with Gasteiger partial charge in [-0.15, -0.1) is 13.2 Å². The molecule has 0 saturated carbocycles. The summed E-state index contributed by atoms with van der Waals surface area (Å²) in [6.45, 7) is 1.99. The molecule has 0 saturated heterocycles. The molecule has 1 aromatic heterocycles. The fourth-order valence-corrected chi connectivity index (χ4v) is 2.92. The van der Waals surface area contributed by atoms with E-state index in [9.17, 15) is 22.4 Å². The van der Waals surface area contributed by atoms with E-state index in [1.54, 1.807) is 13.0 Å². The average Bonchev–Trinajstić information content (AvgIpc) is 2.89. The number of H-pyrrole nitrogens is 1. The molecule has 3 aromatic rings. The first-order valence-electron chi connectivity index (χ1n) is 8.14. The number of alkyl halides is 3. The first-order valence-corrected chi connectivity index (χ1v) is 8.14. The van der Waals surface area contributed by atoms with Gasteiger partial charge in [0.25, 0.3) is 5.91 Å². The molecule has 0 aliphatic carbocycles. The van der Waals surface area contributed by atoms with E-state index in [0.29, 0.717) is 17.3 Å². The van der Waals surface area contributed by atoms with Crippen LogP contribution in [0.25, 0.3) is 10.9 Å². The number of carbonyl (C=O) groups excluding carboxylic acids is 1. The number of hydrogen-bond acceptors (Lipinski definition) is 2. The molecule has 0 radical (unpaired) electrons. The Kier molecular flexibility index (Phi) is 5.07. The van der Waals surface area contributed by atoms with Crippen LogP contribution in [0.3, 0.4) is 0 Å². The minimum Gasteiger partial charge on any atom is -0.406 e. The minimum absolute atomic E-state index is 0.0611. The monoisotopic (exact) mass is 380 g/mol. The molecule has 0 unspecified atom stereocenters. The van der Waals surface area contributed by atoms with Gasteiger partial charge in [-0.3, -0.25) is 4.79 Å². The number of aryl methyl sites for hydroxylation is 1. The molecular formula is C19H16F4N2O2. The molecule has 0 aliphatic heterocycles. The van der Waals surface area contributed by atoms with Gasteiger partial charge in [-0.05, 0) is 49.2 Å². The predicted octanol–water partition coefficient (Wildman–Crippen LogP) is 4.49. The van der Waals surface area contributed by atoms with Crippen molar-refractivity contribution in [1.29, 1.82) is 0 Å². The normalized spacial score (nSPS) is 11.6. The highest BCUT2D eigenvalue weighted by atomic mass is 19.4. The molecule has 8 heteroatoms. The van der Waals surface area contributed by atoms with Gasteiger partial charge in [0.05, 0.1) is 5.56 Å². The summed E-state index contributed by atoms with van der Waals surface area (Å²) >= 11 is 0. The van der Waals surface area contributed by atoms with Gasteiger partial charge in [-0.2, -0.15) is 0 Å². The van der Waals surface area contributed by atoms with Gasteiger partial charge >= 0.3 is 6.36 Å². The van der Waals surface area contributed by atoms with Crippen molar-refractivity contribution < 1.29 is 27.1 Å². The van der Waals surface area contributed by atoms with Crippen molar-refractivity contribution >= 4 is 16.8 Å². The first-order chi connectivity index (χ1) is 12.7. The number of fused-ring (bicyclic) bond motifs is 1. The Morgan fingerprint density at radius 2 is 1.93 bits per heavy atom. The Hall–Kier alpha value is -3.03. The molecule has 3 rings (SSSR count). The third-order valence-corrected chi connectivity index (χ3v) is 4.10. The minimum atomic E-state index is -4.77. The molecule has 2 aromatic carbocycles. The number of aromatic amines is 1. The molecule has 1 amide bonds. The highest BCUT2D eigenvalue weighted by Crippen LogP contribution is 2.29. The molecule has 4 nitrogen and oxygen atoms in total. The Morgan fingerprint density at radius 1 is 1.19 bits per heavy atom. The van der Waals surface area contributed by atoms with Gasteiger partial charge in [0.1, 0.15) is 11.6 Å². The summed E-state index contributed by atoms with van der Waals surface area (Å²) in [5.74, 6) is -1.48. The van der Waals surface area contributed by atoms with Crippen LogP contribution in [0.5, 0.6) is 5.75 Å². The topological polar surface area (TPSA) is 54.1 Å². The molecule has 0 bridgehead atoms. The number of rotatable bonds is 5. The summed E-state index contributed by atoms with van der Waals surface area (Å²) in [7, 11) is 0. The van der Waals surface area contributed by atoms with E-state index < -0.39 is 18.1 Å². The van der Waals surface area contributed by atoms with Gasteiger partial charge in [-0.25, -0.2) is 4.39 Å². The van der Waals surface area contributed by atoms with Crippen LogP contribution in [0.4, 0.5) is 17.6 Å². The quantitative estimate of drug-likeness (QED) is 0.641. The highest BCUT2D eigenvalue weighted by molar-refractivity contribution is 5.94. The number of benzene rings is 2. The lowest BCUT2D eigenvalue weighted by molar-refractivity contribution is -0.274. The Bertz CT molecular complexity index is 979. The SMILES string of the molecule is Cc1[nH]c2ccc(OC(F)(F)F)cc2c1CCNC(=O)c1ccccc1F. The van der Waals surface area contributed by atoms with Crippen molar-refractivity contribution in [3.8, 4) is 5.75 Å². The molecule has 2 N–H and O–H groups in total. The summed E-state index contributed by atoms with van der Waals surface area (Å²) in [6.07, 6.45) is -4.41. The molecular weight excluding hydrogens is 364 g/mol. The Labute approximate surface area is 152 Å². The summed E-state index contributed by atoms with van der Waals surface area (Å²) in [5, 5.41) is 3.20. The van der Waals surface area contributed by atoms with E-state index in [0.717, 1.165) is 11.3 Å². The van der Waals surface area contributed by atoms with Gasteiger partial charge in [0.2, 0.25) is 0 Å². The van der Waals surface area contributed by atoms with E-state index in [4.69, 9.17) is 0 Å². The zero-order valence-corrected chi connectivity index (χ0v) is 14.3. The number of nitrogens with one attached hydrogen (secondary N) is 2. The van der Waals surface area contributed by atoms with E-state index in [-0.39, 0.29) is 17.9 Å². The third kappa shape index (κ3) is 4.39. The first kappa shape index (κ1) is 18.8. The highest BCUT2D eigenvalue weighted by Gasteiger charge is 2.31. The summed E-state index contributed by atoms with van der Waals surface area (Å²) in [4.78, 5) is 15.1. The zero-order valence-electron chi connectivity index (χ0n) is 14.3. The summed E-state index contributed by atoms with van der Waals surface area (Å²) < 4.78 is 54.9.